The van der Waals surface area contributed by atoms with Gasteiger partial charge in [-0.25, -0.2) is 0 Å². The Morgan fingerprint density at radius 1 is 0.950 bits per heavy atom. The fourth-order valence-corrected chi connectivity index (χ4v) is 2.31. The molecule has 0 bridgehead atoms. The highest BCUT2D eigenvalue weighted by Gasteiger charge is 2.10. The van der Waals surface area contributed by atoms with Crippen molar-refractivity contribution in [1.29, 1.82) is 0 Å². The number of carbonyl (C=O) groups excluding carboxylic acids is 1. The lowest BCUT2D eigenvalue weighted by Gasteiger charge is -2.08. The highest BCUT2D eigenvalue weighted by Crippen LogP contribution is 2.14. The SMILES string of the molecule is CNCCc1ccccc1C(=O)CCc1ccccc1. The molecule has 2 aromatic rings. The molecule has 0 aromatic heterocycles. The summed E-state index contributed by atoms with van der Waals surface area (Å²) < 4.78 is 0. The van der Waals surface area contributed by atoms with Gasteiger partial charge in [0, 0.05) is 12.0 Å². The Hall–Kier alpha value is -1.93. The van der Waals surface area contributed by atoms with E-state index in [1.54, 1.807) is 0 Å². The molecule has 2 nitrogen and oxygen atoms in total. The first-order valence-corrected chi connectivity index (χ1v) is 7.11. The Bertz CT molecular complexity index is 548. The van der Waals surface area contributed by atoms with E-state index >= 15 is 0 Å². The van der Waals surface area contributed by atoms with Crippen molar-refractivity contribution in [3.8, 4) is 0 Å². The van der Waals surface area contributed by atoms with Crippen molar-refractivity contribution < 1.29 is 4.79 Å². The molecular weight excluding hydrogens is 246 g/mol. The van der Waals surface area contributed by atoms with E-state index in [4.69, 9.17) is 0 Å². The molecular formula is C18H21NO. The Labute approximate surface area is 120 Å². The summed E-state index contributed by atoms with van der Waals surface area (Å²) in [6.07, 6.45) is 2.27. The molecule has 2 heteroatoms. The fraction of sp³-hybridized carbons (Fsp3) is 0.278. The van der Waals surface area contributed by atoms with Crippen LogP contribution in [0.5, 0.6) is 0 Å². The highest BCUT2D eigenvalue weighted by atomic mass is 16.1. The zero-order chi connectivity index (χ0) is 14.2. The van der Waals surface area contributed by atoms with Gasteiger partial charge in [0.1, 0.15) is 0 Å². The average molecular weight is 267 g/mol. The monoisotopic (exact) mass is 267 g/mol. The van der Waals surface area contributed by atoms with Crippen LogP contribution in [0.25, 0.3) is 0 Å². The predicted molar refractivity (Wildman–Crippen MR) is 83.2 cm³/mol. The molecule has 0 unspecified atom stereocenters. The first-order valence-electron chi connectivity index (χ1n) is 7.11. The number of aryl methyl sites for hydroxylation is 1. The molecule has 0 radical (unpaired) electrons. The van der Waals surface area contributed by atoms with Gasteiger partial charge >= 0.3 is 0 Å². The second-order valence-corrected chi connectivity index (χ2v) is 4.92. The molecule has 0 amide bonds. The molecule has 0 saturated heterocycles. The Morgan fingerprint density at radius 3 is 2.40 bits per heavy atom. The predicted octanol–water partition coefficient (Wildman–Crippen LogP) is 3.26. The number of rotatable bonds is 7. The maximum Gasteiger partial charge on any atom is 0.163 e. The van der Waals surface area contributed by atoms with Gasteiger partial charge in [-0.15, -0.1) is 0 Å². The molecule has 0 aliphatic heterocycles. The van der Waals surface area contributed by atoms with E-state index in [2.05, 4.69) is 17.4 Å². The largest absolute Gasteiger partial charge is 0.319 e. The number of benzene rings is 2. The molecule has 0 spiro atoms. The van der Waals surface area contributed by atoms with Crippen LogP contribution in [-0.4, -0.2) is 19.4 Å². The van der Waals surface area contributed by atoms with Crippen LogP contribution in [0.2, 0.25) is 0 Å². The number of ketones is 1. The van der Waals surface area contributed by atoms with Crippen molar-refractivity contribution in [2.45, 2.75) is 19.3 Å². The van der Waals surface area contributed by atoms with Crippen LogP contribution in [-0.2, 0) is 12.8 Å². The van der Waals surface area contributed by atoms with Gasteiger partial charge in [-0.1, -0.05) is 54.6 Å². The highest BCUT2D eigenvalue weighted by molar-refractivity contribution is 5.97. The molecule has 1 N–H and O–H groups in total. The van der Waals surface area contributed by atoms with E-state index < -0.39 is 0 Å². The third-order valence-corrected chi connectivity index (χ3v) is 3.45. The summed E-state index contributed by atoms with van der Waals surface area (Å²) in [6, 6.07) is 18.1. The van der Waals surface area contributed by atoms with E-state index in [1.807, 2.05) is 49.5 Å². The van der Waals surface area contributed by atoms with Crippen LogP contribution in [0.3, 0.4) is 0 Å². The maximum absolute atomic E-state index is 12.4. The molecule has 2 aromatic carbocycles. The Balaban J connectivity index is 2.01. The first-order chi connectivity index (χ1) is 9.81. The second-order valence-electron chi connectivity index (χ2n) is 4.92. The zero-order valence-corrected chi connectivity index (χ0v) is 11.9. The third-order valence-electron chi connectivity index (χ3n) is 3.45. The van der Waals surface area contributed by atoms with Crippen molar-refractivity contribution in [2.75, 3.05) is 13.6 Å². The molecule has 0 fully saturated rings. The Kier molecular flexibility index (Phi) is 5.51. The van der Waals surface area contributed by atoms with Gasteiger partial charge in [0.05, 0.1) is 0 Å². The molecule has 0 atom stereocenters. The van der Waals surface area contributed by atoms with Gasteiger partial charge in [-0.2, -0.15) is 0 Å². The van der Waals surface area contributed by atoms with Crippen LogP contribution in [0, 0.1) is 0 Å². The van der Waals surface area contributed by atoms with E-state index in [-0.39, 0.29) is 5.78 Å². The minimum absolute atomic E-state index is 0.237. The quantitative estimate of drug-likeness (QED) is 0.780. The van der Waals surface area contributed by atoms with Gasteiger partial charge in [0.15, 0.2) is 5.78 Å². The van der Waals surface area contributed by atoms with Crippen LogP contribution in [0.4, 0.5) is 0 Å². The molecule has 0 saturated carbocycles. The molecule has 104 valence electrons. The van der Waals surface area contributed by atoms with Crippen molar-refractivity contribution in [3.05, 3.63) is 71.3 Å². The fourth-order valence-electron chi connectivity index (χ4n) is 2.31. The number of hydrogen-bond donors (Lipinski definition) is 1. The van der Waals surface area contributed by atoms with Crippen molar-refractivity contribution in [2.24, 2.45) is 0 Å². The summed E-state index contributed by atoms with van der Waals surface area (Å²) in [6.45, 7) is 0.892. The summed E-state index contributed by atoms with van der Waals surface area (Å²) in [7, 11) is 1.93. The van der Waals surface area contributed by atoms with Crippen molar-refractivity contribution in [1.82, 2.24) is 5.32 Å². The topological polar surface area (TPSA) is 29.1 Å². The summed E-state index contributed by atoms with van der Waals surface area (Å²) in [5.41, 5.74) is 3.23. The normalized spacial score (nSPS) is 10.4. The van der Waals surface area contributed by atoms with Crippen LogP contribution < -0.4 is 5.32 Å². The van der Waals surface area contributed by atoms with Crippen molar-refractivity contribution >= 4 is 5.78 Å². The van der Waals surface area contributed by atoms with E-state index in [1.165, 1.54) is 5.56 Å². The van der Waals surface area contributed by atoms with Gasteiger partial charge in [0.2, 0.25) is 0 Å². The van der Waals surface area contributed by atoms with E-state index in [0.717, 1.165) is 30.5 Å². The number of hydrogen-bond acceptors (Lipinski definition) is 2. The molecule has 0 aliphatic rings. The lowest BCUT2D eigenvalue weighted by atomic mass is 9.97. The molecule has 0 aliphatic carbocycles. The Morgan fingerprint density at radius 2 is 1.65 bits per heavy atom. The number of Topliss-reactive ketones (excluding diaryl/α,β-unsaturated/α-hetero) is 1. The minimum atomic E-state index is 0.237. The second kappa shape index (κ2) is 7.61. The van der Waals surface area contributed by atoms with Gasteiger partial charge in [-0.05, 0) is 37.6 Å². The van der Waals surface area contributed by atoms with Gasteiger partial charge in [0.25, 0.3) is 0 Å². The third kappa shape index (κ3) is 4.04. The first kappa shape index (κ1) is 14.5. The van der Waals surface area contributed by atoms with E-state index in [0.29, 0.717) is 6.42 Å². The summed E-state index contributed by atoms with van der Waals surface area (Å²) in [5, 5.41) is 3.13. The number of carbonyl (C=O) groups is 1. The standard InChI is InChI=1S/C18H21NO/c1-19-14-13-16-9-5-6-10-17(16)18(20)12-11-15-7-3-2-4-8-15/h2-10,19H,11-14H2,1H3. The maximum atomic E-state index is 12.4. The minimum Gasteiger partial charge on any atom is -0.319 e. The van der Waals surface area contributed by atoms with Crippen molar-refractivity contribution in [3.63, 3.8) is 0 Å². The summed E-state index contributed by atoms with van der Waals surface area (Å²) in [5.74, 6) is 0.237. The lowest BCUT2D eigenvalue weighted by Crippen LogP contribution is -2.13. The molecule has 2 rings (SSSR count). The van der Waals surface area contributed by atoms with E-state index in [9.17, 15) is 4.79 Å². The smallest absolute Gasteiger partial charge is 0.163 e. The van der Waals surface area contributed by atoms with Crippen LogP contribution >= 0.6 is 0 Å². The van der Waals surface area contributed by atoms with Gasteiger partial charge < -0.3 is 5.32 Å². The average Bonchev–Trinajstić information content (AvgIpc) is 2.52. The van der Waals surface area contributed by atoms with Crippen LogP contribution in [0.1, 0.15) is 27.9 Å². The number of nitrogens with one attached hydrogen (secondary N) is 1. The number of likely N-dealkylation sites (N-methyl/N-ethyl adjacent to an activating group) is 1. The van der Waals surface area contributed by atoms with Gasteiger partial charge in [-0.3, -0.25) is 4.79 Å². The molecule has 20 heavy (non-hydrogen) atoms. The van der Waals surface area contributed by atoms with Crippen LogP contribution in [0.15, 0.2) is 54.6 Å². The summed E-state index contributed by atoms with van der Waals surface area (Å²) >= 11 is 0. The lowest BCUT2D eigenvalue weighted by molar-refractivity contribution is 0.0982. The zero-order valence-electron chi connectivity index (χ0n) is 11.9. The summed E-state index contributed by atoms with van der Waals surface area (Å²) in [4.78, 5) is 12.4. The molecule has 0 heterocycles.